The number of benzene rings is 2. The molecule has 8 nitrogen and oxygen atoms in total. The summed E-state index contributed by atoms with van der Waals surface area (Å²) in [5, 5.41) is 2.87. The number of imide groups is 1. The molecule has 3 heterocycles. The molecule has 2 saturated heterocycles. The lowest BCUT2D eigenvalue weighted by Gasteiger charge is -2.29. The molecule has 2 aromatic rings. The molecule has 2 fully saturated rings. The molecule has 8 heteroatoms. The van der Waals surface area contributed by atoms with Crippen LogP contribution in [0.25, 0.3) is 0 Å². The van der Waals surface area contributed by atoms with Gasteiger partial charge in [-0.2, -0.15) is 0 Å². The Morgan fingerprint density at radius 2 is 1.76 bits per heavy atom. The maximum Gasteiger partial charge on any atom is 0.251 e. The van der Waals surface area contributed by atoms with Crippen LogP contribution in [0.15, 0.2) is 60.7 Å². The SMILES string of the molecule is COc1cc(OC)cc(C(=O)NC[C@@]23C=C[C@@H](O2)[C@H]2C(=O)N(Cc4ccccc4)C(=O)[C@H]23)c1. The number of carbonyl (C=O) groups is 3. The van der Waals surface area contributed by atoms with Crippen LogP contribution in [0.5, 0.6) is 11.5 Å². The molecule has 33 heavy (non-hydrogen) atoms. The minimum absolute atomic E-state index is 0.0672. The van der Waals surface area contributed by atoms with Crippen molar-refractivity contribution in [2.75, 3.05) is 20.8 Å². The monoisotopic (exact) mass is 448 g/mol. The van der Waals surface area contributed by atoms with Gasteiger partial charge in [0.2, 0.25) is 11.8 Å². The van der Waals surface area contributed by atoms with Crippen molar-refractivity contribution in [2.24, 2.45) is 11.8 Å². The molecule has 4 atom stereocenters. The van der Waals surface area contributed by atoms with Crippen LogP contribution in [0, 0.1) is 11.8 Å². The minimum Gasteiger partial charge on any atom is -0.497 e. The Hall–Kier alpha value is -3.65. The zero-order valence-electron chi connectivity index (χ0n) is 18.3. The van der Waals surface area contributed by atoms with Crippen LogP contribution in [0.4, 0.5) is 0 Å². The van der Waals surface area contributed by atoms with Gasteiger partial charge in [-0.25, -0.2) is 0 Å². The van der Waals surface area contributed by atoms with E-state index in [4.69, 9.17) is 14.2 Å². The lowest BCUT2D eigenvalue weighted by atomic mass is 9.77. The maximum absolute atomic E-state index is 13.3. The van der Waals surface area contributed by atoms with Crippen LogP contribution in [0.3, 0.4) is 0 Å². The van der Waals surface area contributed by atoms with Gasteiger partial charge in [0.05, 0.1) is 45.2 Å². The molecule has 0 radical (unpaired) electrons. The Balaban J connectivity index is 1.34. The Kier molecular flexibility index (Phi) is 5.17. The normalized spacial score (nSPS) is 27.1. The highest BCUT2D eigenvalue weighted by molar-refractivity contribution is 6.07. The topological polar surface area (TPSA) is 94.2 Å². The second-order valence-electron chi connectivity index (χ2n) is 8.43. The zero-order valence-corrected chi connectivity index (χ0v) is 18.3. The van der Waals surface area contributed by atoms with E-state index in [1.807, 2.05) is 42.5 Å². The van der Waals surface area contributed by atoms with E-state index in [1.165, 1.54) is 19.1 Å². The van der Waals surface area contributed by atoms with Crippen molar-refractivity contribution in [1.29, 1.82) is 0 Å². The Labute approximate surface area is 191 Å². The molecule has 3 aliphatic rings. The van der Waals surface area contributed by atoms with E-state index in [1.54, 1.807) is 18.2 Å². The number of nitrogens with zero attached hydrogens (tertiary/aromatic N) is 1. The van der Waals surface area contributed by atoms with Gasteiger partial charge in [0, 0.05) is 11.6 Å². The van der Waals surface area contributed by atoms with Gasteiger partial charge in [0.25, 0.3) is 5.91 Å². The highest BCUT2D eigenvalue weighted by Gasteiger charge is 2.67. The van der Waals surface area contributed by atoms with Crippen molar-refractivity contribution in [3.05, 3.63) is 71.8 Å². The summed E-state index contributed by atoms with van der Waals surface area (Å²) < 4.78 is 16.6. The summed E-state index contributed by atoms with van der Waals surface area (Å²) in [4.78, 5) is 40.6. The summed E-state index contributed by atoms with van der Waals surface area (Å²) >= 11 is 0. The van der Waals surface area contributed by atoms with Crippen molar-refractivity contribution in [1.82, 2.24) is 10.2 Å². The molecule has 0 aromatic heterocycles. The fourth-order valence-electron chi connectivity index (χ4n) is 4.95. The molecule has 0 saturated carbocycles. The third-order valence-corrected chi connectivity index (χ3v) is 6.57. The van der Waals surface area contributed by atoms with Gasteiger partial charge in [-0.05, 0) is 17.7 Å². The number of amides is 3. The van der Waals surface area contributed by atoms with Crippen molar-refractivity contribution < 1.29 is 28.6 Å². The maximum atomic E-state index is 13.3. The second-order valence-corrected chi connectivity index (χ2v) is 8.43. The first-order valence-corrected chi connectivity index (χ1v) is 10.7. The largest absolute Gasteiger partial charge is 0.497 e. The number of hydrogen-bond donors (Lipinski definition) is 1. The van der Waals surface area contributed by atoms with Crippen molar-refractivity contribution in [2.45, 2.75) is 18.2 Å². The first kappa shape index (κ1) is 21.2. The smallest absolute Gasteiger partial charge is 0.251 e. The standard InChI is InChI=1S/C25H24N2O6/c1-31-17-10-16(11-18(12-17)32-2)22(28)26-14-25-9-8-19(33-25)20-21(25)24(30)27(23(20)29)13-15-6-4-3-5-7-15/h3-12,19-21H,13-14H2,1-2H3,(H,26,28)/t19-,20-,21+,25-/m1/s1. The fraction of sp³-hybridized carbons (Fsp3) is 0.320. The number of fused-ring (bicyclic) bond motifs is 5. The van der Waals surface area contributed by atoms with Crippen molar-refractivity contribution >= 4 is 17.7 Å². The highest BCUT2D eigenvalue weighted by atomic mass is 16.5. The number of rotatable bonds is 7. The van der Waals surface area contributed by atoms with E-state index >= 15 is 0 Å². The van der Waals surface area contributed by atoms with Crippen molar-refractivity contribution in [3.63, 3.8) is 0 Å². The number of ether oxygens (including phenoxy) is 3. The average molecular weight is 448 g/mol. The number of carbonyl (C=O) groups excluding carboxylic acids is 3. The molecule has 3 aliphatic heterocycles. The molecule has 1 N–H and O–H groups in total. The molecule has 2 bridgehead atoms. The van der Waals surface area contributed by atoms with Gasteiger partial charge < -0.3 is 19.5 Å². The molecular weight excluding hydrogens is 424 g/mol. The van der Waals surface area contributed by atoms with Crippen LogP contribution in [0.1, 0.15) is 15.9 Å². The second kappa shape index (κ2) is 8.04. The van der Waals surface area contributed by atoms with E-state index in [0.717, 1.165) is 5.56 Å². The first-order chi connectivity index (χ1) is 16.0. The van der Waals surface area contributed by atoms with Gasteiger partial charge in [-0.15, -0.1) is 0 Å². The van der Waals surface area contributed by atoms with E-state index in [0.29, 0.717) is 17.1 Å². The van der Waals surface area contributed by atoms with E-state index in [2.05, 4.69) is 5.32 Å². The molecule has 0 aliphatic carbocycles. The zero-order chi connectivity index (χ0) is 23.2. The van der Waals surface area contributed by atoms with Crippen molar-refractivity contribution in [3.8, 4) is 11.5 Å². The van der Waals surface area contributed by atoms with E-state index in [9.17, 15) is 14.4 Å². The molecule has 5 rings (SSSR count). The minimum atomic E-state index is -1.05. The summed E-state index contributed by atoms with van der Waals surface area (Å²) in [7, 11) is 3.02. The van der Waals surface area contributed by atoms with E-state index < -0.39 is 23.5 Å². The third kappa shape index (κ3) is 3.47. The van der Waals surface area contributed by atoms with Gasteiger partial charge in [-0.1, -0.05) is 42.5 Å². The molecular formula is C25H24N2O6. The highest BCUT2D eigenvalue weighted by Crippen LogP contribution is 2.51. The lowest BCUT2D eigenvalue weighted by molar-refractivity contribution is -0.144. The van der Waals surface area contributed by atoms with Crippen LogP contribution in [-0.2, 0) is 20.9 Å². The number of nitrogens with one attached hydrogen (secondary N) is 1. The summed E-state index contributed by atoms with van der Waals surface area (Å²) in [5.74, 6) is -1.10. The first-order valence-electron chi connectivity index (χ1n) is 10.7. The van der Waals surface area contributed by atoms with Crippen LogP contribution in [-0.4, -0.2) is 55.1 Å². The molecule has 170 valence electrons. The van der Waals surface area contributed by atoms with Gasteiger partial charge in [-0.3, -0.25) is 19.3 Å². The summed E-state index contributed by atoms with van der Waals surface area (Å²) in [6, 6.07) is 14.3. The predicted molar refractivity (Wildman–Crippen MR) is 118 cm³/mol. The molecule has 3 amide bonds. The van der Waals surface area contributed by atoms with Gasteiger partial charge >= 0.3 is 0 Å². The Bertz CT molecular complexity index is 1120. The number of likely N-dealkylation sites (tertiary alicyclic amines) is 1. The number of hydrogen-bond acceptors (Lipinski definition) is 6. The van der Waals surface area contributed by atoms with E-state index in [-0.39, 0.29) is 30.8 Å². The lowest BCUT2D eigenvalue weighted by Crippen LogP contribution is -2.48. The Morgan fingerprint density at radius 1 is 1.06 bits per heavy atom. The van der Waals surface area contributed by atoms with Gasteiger partial charge in [0.1, 0.15) is 17.1 Å². The molecule has 2 aromatic carbocycles. The summed E-state index contributed by atoms with van der Waals surface area (Å²) in [6.45, 7) is 0.294. The third-order valence-electron chi connectivity index (χ3n) is 6.57. The molecule has 0 unspecified atom stereocenters. The summed E-state index contributed by atoms with van der Waals surface area (Å²) in [6.07, 6.45) is 3.16. The number of methoxy groups -OCH3 is 2. The predicted octanol–water partition coefficient (Wildman–Crippen LogP) is 1.94. The van der Waals surface area contributed by atoms with Crippen LogP contribution in [0.2, 0.25) is 0 Å². The Morgan fingerprint density at radius 3 is 2.42 bits per heavy atom. The summed E-state index contributed by atoms with van der Waals surface area (Å²) in [5.41, 5.74) is 0.191. The van der Waals surface area contributed by atoms with Crippen LogP contribution < -0.4 is 14.8 Å². The average Bonchev–Trinajstić information content (AvgIpc) is 3.49. The molecule has 0 spiro atoms. The van der Waals surface area contributed by atoms with Gasteiger partial charge in [0.15, 0.2) is 0 Å². The fourth-order valence-corrected chi connectivity index (χ4v) is 4.95. The quantitative estimate of drug-likeness (QED) is 0.514. The van der Waals surface area contributed by atoms with Crippen LogP contribution >= 0.6 is 0 Å².